The topological polar surface area (TPSA) is 61.8 Å². The molecule has 1 N–H and O–H groups in total. The monoisotopic (exact) mass is 167 g/mol. The van der Waals surface area contributed by atoms with Crippen LogP contribution >= 0.6 is 0 Å². The molecule has 1 aliphatic rings. The molecule has 0 atom stereocenters. The number of aliphatic imine (C=N–C) groups is 1. The zero-order chi connectivity index (χ0) is 9.30. The van der Waals surface area contributed by atoms with Gasteiger partial charge in [-0.3, -0.25) is 14.9 Å². The molecule has 0 aliphatic carbocycles. The van der Waals surface area contributed by atoms with Crippen LogP contribution in [0.2, 0.25) is 0 Å². The van der Waals surface area contributed by atoms with Crippen molar-refractivity contribution in [3.8, 4) is 0 Å². The molecule has 0 saturated carbocycles. The first-order chi connectivity index (χ1) is 5.52. The second-order valence-electron chi connectivity index (χ2n) is 2.43. The lowest BCUT2D eigenvalue weighted by atomic mass is 10.5. The van der Waals surface area contributed by atoms with Gasteiger partial charge in [-0.05, 0) is 0 Å². The van der Waals surface area contributed by atoms with E-state index in [1.54, 1.807) is 7.05 Å². The number of nitrogens with zero attached hydrogens (tertiary/aromatic N) is 2. The van der Waals surface area contributed by atoms with Gasteiger partial charge in [0.2, 0.25) is 11.9 Å². The van der Waals surface area contributed by atoms with Gasteiger partial charge in [0, 0.05) is 14.0 Å². The summed E-state index contributed by atoms with van der Waals surface area (Å²) in [4.78, 5) is 26.5. The number of rotatable bonds is 0. The second kappa shape index (κ2) is 2.77. The van der Waals surface area contributed by atoms with Gasteiger partial charge in [-0.15, -0.1) is 0 Å². The Labute approximate surface area is 69.8 Å². The van der Waals surface area contributed by atoms with Gasteiger partial charge in [0.1, 0.15) is 5.70 Å². The Morgan fingerprint density at radius 1 is 1.67 bits per heavy atom. The maximum absolute atomic E-state index is 10.9. The largest absolute Gasteiger partial charge is 0.311 e. The Balaban J connectivity index is 2.80. The fourth-order valence-corrected chi connectivity index (χ4v) is 0.776. The van der Waals surface area contributed by atoms with Gasteiger partial charge in [-0.1, -0.05) is 6.58 Å². The third-order valence-electron chi connectivity index (χ3n) is 1.46. The van der Waals surface area contributed by atoms with Gasteiger partial charge in [0.15, 0.2) is 0 Å². The third-order valence-corrected chi connectivity index (χ3v) is 1.46. The van der Waals surface area contributed by atoms with Crippen LogP contribution in [0.15, 0.2) is 17.3 Å². The molecule has 5 nitrogen and oxygen atoms in total. The van der Waals surface area contributed by atoms with E-state index >= 15 is 0 Å². The van der Waals surface area contributed by atoms with Crippen molar-refractivity contribution in [1.82, 2.24) is 10.2 Å². The molecule has 0 fully saturated rings. The molecule has 1 aliphatic heterocycles. The predicted octanol–water partition coefficient (Wildman–Crippen LogP) is -0.536. The number of nitrogens with one attached hydrogen (secondary N) is 1. The fourth-order valence-electron chi connectivity index (χ4n) is 0.776. The summed E-state index contributed by atoms with van der Waals surface area (Å²) in [5.74, 6) is -0.443. The zero-order valence-electron chi connectivity index (χ0n) is 6.92. The highest BCUT2D eigenvalue weighted by Gasteiger charge is 2.24. The maximum atomic E-state index is 10.9. The molecule has 12 heavy (non-hydrogen) atoms. The van der Waals surface area contributed by atoms with E-state index in [-0.39, 0.29) is 17.6 Å². The molecule has 0 aromatic carbocycles. The van der Waals surface area contributed by atoms with E-state index < -0.39 is 5.91 Å². The van der Waals surface area contributed by atoms with E-state index in [2.05, 4.69) is 16.9 Å². The molecule has 0 unspecified atom stereocenters. The molecular formula is C7H9N3O2. The SMILES string of the molecule is C=C1C(=O)N=C(NC(C)=O)N1C. The summed E-state index contributed by atoms with van der Waals surface area (Å²) in [5.41, 5.74) is 0.263. The average molecular weight is 167 g/mol. The quantitative estimate of drug-likeness (QED) is 0.493. The van der Waals surface area contributed by atoms with Crippen LogP contribution in [0.4, 0.5) is 0 Å². The lowest BCUT2D eigenvalue weighted by Gasteiger charge is -2.12. The van der Waals surface area contributed by atoms with Crippen molar-refractivity contribution in [2.45, 2.75) is 6.92 Å². The number of carbonyl (C=O) groups is 2. The predicted molar refractivity (Wildman–Crippen MR) is 43.2 cm³/mol. The van der Waals surface area contributed by atoms with Crippen LogP contribution in [-0.4, -0.2) is 29.7 Å². The summed E-state index contributed by atoms with van der Waals surface area (Å²) < 4.78 is 0. The van der Waals surface area contributed by atoms with E-state index in [0.717, 1.165) is 0 Å². The minimum atomic E-state index is -0.416. The Kier molecular flexibility index (Phi) is 1.95. The van der Waals surface area contributed by atoms with Crippen LogP contribution in [0.1, 0.15) is 6.92 Å². The molecule has 2 amide bonds. The summed E-state index contributed by atoms with van der Waals surface area (Å²) in [5, 5.41) is 2.41. The molecule has 5 heteroatoms. The Bertz CT molecular complexity index is 293. The normalized spacial score (nSPS) is 16.5. The summed E-state index contributed by atoms with van der Waals surface area (Å²) in [6.45, 7) is 4.83. The first kappa shape index (κ1) is 8.45. The highest BCUT2D eigenvalue weighted by atomic mass is 16.2. The van der Waals surface area contributed by atoms with Crippen LogP contribution in [0.5, 0.6) is 0 Å². The summed E-state index contributed by atoms with van der Waals surface area (Å²) in [7, 11) is 1.61. The molecule has 0 bridgehead atoms. The van der Waals surface area contributed by atoms with Crippen molar-refractivity contribution in [3.05, 3.63) is 12.3 Å². The molecule has 0 spiro atoms. The first-order valence-electron chi connectivity index (χ1n) is 3.35. The van der Waals surface area contributed by atoms with Gasteiger partial charge < -0.3 is 4.90 Å². The minimum Gasteiger partial charge on any atom is -0.311 e. The van der Waals surface area contributed by atoms with Gasteiger partial charge in [0.25, 0.3) is 5.91 Å². The van der Waals surface area contributed by atoms with Gasteiger partial charge in [-0.2, -0.15) is 4.99 Å². The molecule has 0 saturated heterocycles. The lowest BCUT2D eigenvalue weighted by Crippen LogP contribution is -2.37. The smallest absolute Gasteiger partial charge is 0.296 e. The van der Waals surface area contributed by atoms with E-state index in [0.29, 0.717) is 0 Å². The summed E-state index contributed by atoms with van der Waals surface area (Å²) in [6, 6.07) is 0. The Hall–Kier alpha value is -1.65. The minimum absolute atomic E-state index is 0.234. The number of likely N-dealkylation sites (N-methyl/N-ethyl adjacent to an activating group) is 1. The van der Waals surface area contributed by atoms with Crippen molar-refractivity contribution in [3.63, 3.8) is 0 Å². The van der Waals surface area contributed by atoms with Gasteiger partial charge >= 0.3 is 0 Å². The number of amides is 2. The first-order valence-corrected chi connectivity index (χ1v) is 3.35. The zero-order valence-corrected chi connectivity index (χ0v) is 6.92. The van der Waals surface area contributed by atoms with E-state index in [4.69, 9.17) is 0 Å². The van der Waals surface area contributed by atoms with E-state index in [9.17, 15) is 9.59 Å². The number of hydrogen-bond acceptors (Lipinski definition) is 3. The van der Waals surface area contributed by atoms with Crippen LogP contribution < -0.4 is 5.32 Å². The van der Waals surface area contributed by atoms with Crippen molar-refractivity contribution in [2.24, 2.45) is 4.99 Å². The van der Waals surface area contributed by atoms with Crippen molar-refractivity contribution in [1.29, 1.82) is 0 Å². The van der Waals surface area contributed by atoms with Gasteiger partial charge in [-0.25, -0.2) is 0 Å². The fraction of sp³-hybridized carbons (Fsp3) is 0.286. The number of carbonyl (C=O) groups excluding carboxylic acids is 2. The third kappa shape index (κ3) is 1.34. The highest BCUT2D eigenvalue weighted by molar-refractivity contribution is 6.12. The number of hydrogen-bond donors (Lipinski definition) is 1. The van der Waals surface area contributed by atoms with Crippen molar-refractivity contribution >= 4 is 17.8 Å². The molecule has 1 rings (SSSR count). The maximum Gasteiger partial charge on any atom is 0.296 e. The molecule has 0 aromatic rings. The van der Waals surface area contributed by atoms with E-state index in [1.807, 2.05) is 0 Å². The van der Waals surface area contributed by atoms with Gasteiger partial charge in [0.05, 0.1) is 0 Å². The van der Waals surface area contributed by atoms with E-state index in [1.165, 1.54) is 11.8 Å². The standard InChI is InChI=1S/C7H9N3O2/c1-4-6(12)9-7(10(4)3)8-5(2)11/h1H2,2-3H3,(H,8,9,11,12). The summed E-state index contributed by atoms with van der Waals surface area (Å²) in [6.07, 6.45) is 0. The molecule has 0 aromatic heterocycles. The van der Waals surface area contributed by atoms with Crippen LogP contribution in [0.3, 0.4) is 0 Å². The van der Waals surface area contributed by atoms with Crippen LogP contribution in [0, 0.1) is 0 Å². The van der Waals surface area contributed by atoms with Crippen molar-refractivity contribution < 1.29 is 9.59 Å². The van der Waals surface area contributed by atoms with Crippen LogP contribution in [0.25, 0.3) is 0 Å². The molecule has 64 valence electrons. The second-order valence-corrected chi connectivity index (χ2v) is 2.43. The van der Waals surface area contributed by atoms with Crippen LogP contribution in [-0.2, 0) is 9.59 Å². The highest BCUT2D eigenvalue weighted by Crippen LogP contribution is 2.08. The van der Waals surface area contributed by atoms with Crippen molar-refractivity contribution in [2.75, 3.05) is 7.05 Å². The Morgan fingerprint density at radius 3 is 2.58 bits per heavy atom. The average Bonchev–Trinajstić information content (AvgIpc) is 2.17. The number of guanidine groups is 1. The Morgan fingerprint density at radius 2 is 2.25 bits per heavy atom. The summed E-state index contributed by atoms with van der Waals surface area (Å²) >= 11 is 0. The molecular weight excluding hydrogens is 158 g/mol. The lowest BCUT2D eigenvalue weighted by molar-refractivity contribution is -0.117. The molecule has 1 heterocycles. The molecule has 0 radical (unpaired) electrons.